The topological polar surface area (TPSA) is 55.9 Å². The molecular formula is C31H36N4O2. The van der Waals surface area contributed by atoms with Crippen molar-refractivity contribution < 1.29 is 9.59 Å². The largest absolute Gasteiger partial charge is 0.330 e. The van der Waals surface area contributed by atoms with E-state index in [1.807, 2.05) is 42.5 Å². The van der Waals surface area contributed by atoms with E-state index in [1.54, 1.807) is 4.90 Å². The van der Waals surface area contributed by atoms with Gasteiger partial charge in [-0.05, 0) is 41.7 Å². The number of likely N-dealkylation sites (tertiary alicyclic amines) is 1. The minimum Gasteiger partial charge on any atom is -0.330 e. The molecule has 5 rings (SSSR count). The maximum absolute atomic E-state index is 13.0. The lowest BCUT2D eigenvalue weighted by Gasteiger charge is -2.34. The first-order valence-electron chi connectivity index (χ1n) is 13.4. The molecule has 6 heteroatoms. The van der Waals surface area contributed by atoms with E-state index in [0.717, 1.165) is 56.9 Å². The first-order chi connectivity index (χ1) is 18.1. The fourth-order valence-electron chi connectivity index (χ4n) is 5.33. The van der Waals surface area contributed by atoms with Crippen molar-refractivity contribution >= 4 is 17.5 Å². The van der Waals surface area contributed by atoms with Gasteiger partial charge in [-0.3, -0.25) is 19.4 Å². The monoisotopic (exact) mass is 496 g/mol. The summed E-state index contributed by atoms with van der Waals surface area (Å²) in [7, 11) is 0. The zero-order valence-corrected chi connectivity index (χ0v) is 21.4. The fourth-order valence-corrected chi connectivity index (χ4v) is 5.33. The van der Waals surface area contributed by atoms with Gasteiger partial charge >= 0.3 is 0 Å². The molecule has 3 aromatic rings. The molecule has 2 aliphatic rings. The van der Waals surface area contributed by atoms with E-state index in [4.69, 9.17) is 0 Å². The van der Waals surface area contributed by atoms with Gasteiger partial charge in [0.15, 0.2) is 0 Å². The number of rotatable bonds is 8. The van der Waals surface area contributed by atoms with E-state index < -0.39 is 6.04 Å². The van der Waals surface area contributed by atoms with E-state index in [9.17, 15) is 9.59 Å². The van der Waals surface area contributed by atoms with Gasteiger partial charge in [0.05, 0.1) is 6.42 Å². The standard InChI is InChI=1S/C31H36N4O2/c36-30(22-25-8-3-1-4-9-25)35-17-7-12-29(35)31(37)32-28-15-13-27(14-16-28)24-34-20-18-33(19-21-34)23-26-10-5-2-6-11-26/h1-6,8-11,13-16,29H,7,12,17-24H2,(H,32,37). The molecule has 0 saturated carbocycles. The summed E-state index contributed by atoms with van der Waals surface area (Å²) < 4.78 is 0. The predicted molar refractivity (Wildman–Crippen MR) is 147 cm³/mol. The second-order valence-corrected chi connectivity index (χ2v) is 10.1. The SMILES string of the molecule is O=C(Nc1ccc(CN2CCN(Cc3ccccc3)CC2)cc1)C1CCCN1C(=O)Cc1ccccc1. The van der Waals surface area contributed by atoms with Gasteiger partial charge < -0.3 is 10.2 Å². The van der Waals surface area contributed by atoms with Crippen LogP contribution in [0.15, 0.2) is 84.9 Å². The molecule has 1 N–H and O–H groups in total. The Balaban J connectivity index is 1.09. The van der Waals surface area contributed by atoms with E-state index >= 15 is 0 Å². The molecular weight excluding hydrogens is 460 g/mol. The summed E-state index contributed by atoms with van der Waals surface area (Å²) in [6, 6.07) is 28.1. The third kappa shape index (κ3) is 6.85. The van der Waals surface area contributed by atoms with Crippen LogP contribution in [0.25, 0.3) is 0 Å². The minimum absolute atomic E-state index is 0.0167. The molecule has 1 unspecified atom stereocenters. The number of amides is 2. The van der Waals surface area contributed by atoms with Crippen LogP contribution < -0.4 is 5.32 Å². The number of benzene rings is 3. The molecule has 37 heavy (non-hydrogen) atoms. The first kappa shape index (κ1) is 25.2. The maximum Gasteiger partial charge on any atom is 0.247 e. The van der Waals surface area contributed by atoms with Crippen LogP contribution in [0.1, 0.15) is 29.5 Å². The lowest BCUT2D eigenvalue weighted by Crippen LogP contribution is -2.45. The van der Waals surface area contributed by atoms with Gasteiger partial charge in [0.25, 0.3) is 0 Å². The van der Waals surface area contributed by atoms with E-state index in [0.29, 0.717) is 19.4 Å². The van der Waals surface area contributed by atoms with Gasteiger partial charge in [-0.1, -0.05) is 72.8 Å². The Morgan fingerprint density at radius 2 is 1.22 bits per heavy atom. The average molecular weight is 497 g/mol. The summed E-state index contributed by atoms with van der Waals surface area (Å²) in [6.07, 6.45) is 1.90. The van der Waals surface area contributed by atoms with Crippen LogP contribution in [0.5, 0.6) is 0 Å². The van der Waals surface area contributed by atoms with Crippen LogP contribution in [0, 0.1) is 0 Å². The Labute approximate surface area is 219 Å². The Bertz CT molecular complexity index is 1160. The van der Waals surface area contributed by atoms with Gasteiger partial charge in [0, 0.05) is 51.5 Å². The zero-order valence-electron chi connectivity index (χ0n) is 21.4. The highest BCUT2D eigenvalue weighted by Gasteiger charge is 2.34. The van der Waals surface area contributed by atoms with Crippen LogP contribution in [-0.4, -0.2) is 65.3 Å². The number of carbonyl (C=O) groups excluding carboxylic acids is 2. The van der Waals surface area contributed by atoms with Gasteiger partial charge in [-0.2, -0.15) is 0 Å². The average Bonchev–Trinajstić information content (AvgIpc) is 3.43. The third-order valence-electron chi connectivity index (χ3n) is 7.42. The lowest BCUT2D eigenvalue weighted by molar-refractivity contribution is -0.136. The number of nitrogens with zero attached hydrogens (tertiary/aromatic N) is 3. The molecule has 2 saturated heterocycles. The van der Waals surface area contributed by atoms with Crippen LogP contribution in [0.3, 0.4) is 0 Å². The van der Waals surface area contributed by atoms with Crippen LogP contribution in [0.2, 0.25) is 0 Å². The van der Waals surface area contributed by atoms with Crippen molar-refractivity contribution in [1.29, 1.82) is 0 Å². The van der Waals surface area contributed by atoms with Crippen molar-refractivity contribution in [2.24, 2.45) is 0 Å². The van der Waals surface area contributed by atoms with Crippen LogP contribution >= 0.6 is 0 Å². The number of anilines is 1. The zero-order chi connectivity index (χ0) is 25.5. The fraction of sp³-hybridized carbons (Fsp3) is 0.355. The van der Waals surface area contributed by atoms with Crippen LogP contribution in [-0.2, 0) is 29.1 Å². The molecule has 2 aliphatic heterocycles. The van der Waals surface area contributed by atoms with E-state index in [1.165, 1.54) is 11.1 Å². The van der Waals surface area contributed by atoms with Crippen molar-refractivity contribution in [3.05, 3.63) is 102 Å². The molecule has 0 spiro atoms. The van der Waals surface area contributed by atoms with Gasteiger partial charge in [0.2, 0.25) is 11.8 Å². The highest BCUT2D eigenvalue weighted by atomic mass is 16.2. The summed E-state index contributed by atoms with van der Waals surface area (Å²) in [5.41, 5.74) is 4.38. The van der Waals surface area contributed by atoms with Crippen molar-refractivity contribution in [3.63, 3.8) is 0 Å². The molecule has 2 heterocycles. The molecule has 0 radical (unpaired) electrons. The molecule has 0 aromatic heterocycles. The van der Waals surface area contributed by atoms with Gasteiger partial charge in [-0.15, -0.1) is 0 Å². The van der Waals surface area contributed by atoms with Crippen molar-refractivity contribution in [1.82, 2.24) is 14.7 Å². The number of carbonyl (C=O) groups is 2. The Hall–Kier alpha value is -3.48. The van der Waals surface area contributed by atoms with Gasteiger partial charge in [0.1, 0.15) is 6.04 Å². The van der Waals surface area contributed by atoms with E-state index in [2.05, 4.69) is 57.6 Å². The van der Waals surface area contributed by atoms with E-state index in [-0.39, 0.29) is 11.8 Å². The minimum atomic E-state index is -0.400. The van der Waals surface area contributed by atoms with Crippen LogP contribution in [0.4, 0.5) is 5.69 Å². The van der Waals surface area contributed by atoms with Crippen molar-refractivity contribution in [2.45, 2.75) is 38.4 Å². The molecule has 0 bridgehead atoms. The number of hydrogen-bond acceptors (Lipinski definition) is 4. The smallest absolute Gasteiger partial charge is 0.247 e. The number of hydrogen-bond donors (Lipinski definition) is 1. The molecule has 6 nitrogen and oxygen atoms in total. The molecule has 192 valence electrons. The molecule has 3 aromatic carbocycles. The molecule has 2 fully saturated rings. The summed E-state index contributed by atoms with van der Waals surface area (Å²) in [5.74, 6) is -0.0794. The summed E-state index contributed by atoms with van der Waals surface area (Å²) in [6.45, 7) is 6.83. The van der Waals surface area contributed by atoms with Crippen molar-refractivity contribution in [2.75, 3.05) is 38.0 Å². The Morgan fingerprint density at radius 1 is 0.676 bits per heavy atom. The maximum atomic E-state index is 13.0. The normalized spacial score (nSPS) is 18.6. The Kier molecular flexibility index (Phi) is 8.28. The van der Waals surface area contributed by atoms with Gasteiger partial charge in [-0.25, -0.2) is 0 Å². The second kappa shape index (κ2) is 12.2. The first-order valence-corrected chi connectivity index (χ1v) is 13.4. The summed E-state index contributed by atoms with van der Waals surface area (Å²) in [4.78, 5) is 32.6. The number of piperazine rings is 1. The third-order valence-corrected chi connectivity index (χ3v) is 7.42. The highest BCUT2D eigenvalue weighted by molar-refractivity contribution is 5.97. The summed E-state index contributed by atoms with van der Waals surface area (Å²) >= 11 is 0. The highest BCUT2D eigenvalue weighted by Crippen LogP contribution is 2.21. The predicted octanol–water partition coefficient (Wildman–Crippen LogP) is 4.18. The molecule has 0 aliphatic carbocycles. The van der Waals surface area contributed by atoms with Crippen molar-refractivity contribution in [3.8, 4) is 0 Å². The quantitative estimate of drug-likeness (QED) is 0.509. The Morgan fingerprint density at radius 3 is 1.81 bits per heavy atom. The molecule has 1 atom stereocenters. The molecule has 2 amide bonds. The lowest BCUT2D eigenvalue weighted by atomic mass is 10.1. The number of nitrogens with one attached hydrogen (secondary N) is 1. The summed E-state index contributed by atoms with van der Waals surface area (Å²) in [5, 5.41) is 3.04. The second-order valence-electron chi connectivity index (χ2n) is 10.1.